The van der Waals surface area contributed by atoms with Gasteiger partial charge in [-0.1, -0.05) is 18.6 Å². The fourth-order valence-corrected chi connectivity index (χ4v) is 3.55. The lowest BCUT2D eigenvalue weighted by atomic mass is 10.0. The Morgan fingerprint density at radius 1 is 1.26 bits per heavy atom. The summed E-state index contributed by atoms with van der Waals surface area (Å²) in [5.41, 5.74) is 0.852. The Hall–Kier alpha value is -1.77. The predicted molar refractivity (Wildman–Crippen MR) is 94.5 cm³/mol. The number of amides is 1. The number of hydrogen-bond acceptors (Lipinski definition) is 5. The number of hydrogen-bond donors (Lipinski definition) is 0. The number of likely N-dealkylation sites (N-methyl/N-ethyl adjacent to an activating group) is 1. The van der Waals surface area contributed by atoms with E-state index in [1.54, 1.807) is 24.1 Å². The Balaban J connectivity index is 1.53. The van der Waals surface area contributed by atoms with Crippen LogP contribution in [0.3, 0.4) is 0 Å². The van der Waals surface area contributed by atoms with E-state index in [1.165, 1.54) is 12.1 Å². The van der Waals surface area contributed by atoms with Crippen molar-refractivity contribution < 1.29 is 27.8 Å². The molecule has 0 radical (unpaired) electrons. The SMILES string of the molecule is CN(Cc1ccc(OC(F)F)cc1)C(=O)CN1CCCCC1C1OCCO1. The summed E-state index contributed by atoms with van der Waals surface area (Å²) in [6, 6.07) is 6.45. The summed E-state index contributed by atoms with van der Waals surface area (Å²) in [5.74, 6) is 0.114. The van der Waals surface area contributed by atoms with Crippen LogP contribution in [0.2, 0.25) is 0 Å². The second-order valence-corrected chi connectivity index (χ2v) is 6.92. The van der Waals surface area contributed by atoms with Gasteiger partial charge in [0.05, 0.1) is 25.8 Å². The second kappa shape index (κ2) is 9.43. The number of rotatable bonds is 7. The van der Waals surface area contributed by atoms with Crippen LogP contribution < -0.4 is 4.74 Å². The first-order valence-electron chi connectivity index (χ1n) is 9.28. The molecule has 2 aliphatic rings. The standard InChI is InChI=1S/C19H26F2N2O4/c1-22(12-14-5-7-15(8-6-14)27-19(20)21)17(24)13-23-9-3-2-4-16(23)18-25-10-11-26-18/h5-8,16,18-19H,2-4,9-13H2,1H3. The molecule has 2 aliphatic heterocycles. The van der Waals surface area contributed by atoms with Crippen molar-refractivity contribution in [3.8, 4) is 5.75 Å². The topological polar surface area (TPSA) is 51.2 Å². The first-order valence-corrected chi connectivity index (χ1v) is 9.28. The minimum Gasteiger partial charge on any atom is -0.435 e. The van der Waals surface area contributed by atoms with Gasteiger partial charge in [0.15, 0.2) is 6.29 Å². The van der Waals surface area contributed by atoms with E-state index in [9.17, 15) is 13.6 Å². The van der Waals surface area contributed by atoms with Crippen LogP contribution >= 0.6 is 0 Å². The molecule has 1 amide bonds. The van der Waals surface area contributed by atoms with Crippen LogP contribution in [0.15, 0.2) is 24.3 Å². The number of piperidine rings is 1. The van der Waals surface area contributed by atoms with Crippen LogP contribution in [0.1, 0.15) is 24.8 Å². The number of carbonyl (C=O) groups excluding carboxylic acids is 1. The number of halogens is 2. The van der Waals surface area contributed by atoms with Gasteiger partial charge in [0.2, 0.25) is 5.91 Å². The van der Waals surface area contributed by atoms with Gasteiger partial charge in [0, 0.05) is 13.6 Å². The molecule has 0 spiro atoms. The Morgan fingerprint density at radius 2 is 1.96 bits per heavy atom. The number of carbonyl (C=O) groups is 1. The van der Waals surface area contributed by atoms with Crippen LogP contribution in [-0.2, 0) is 20.8 Å². The summed E-state index contributed by atoms with van der Waals surface area (Å²) in [6.07, 6.45) is 2.89. The van der Waals surface area contributed by atoms with E-state index in [0.717, 1.165) is 31.4 Å². The van der Waals surface area contributed by atoms with Crippen molar-refractivity contribution in [2.75, 3.05) is 33.4 Å². The van der Waals surface area contributed by atoms with Crippen molar-refractivity contribution in [1.29, 1.82) is 0 Å². The Morgan fingerprint density at radius 3 is 2.63 bits per heavy atom. The molecule has 0 saturated carbocycles. The normalized spacial score (nSPS) is 21.6. The summed E-state index contributed by atoms with van der Waals surface area (Å²) in [4.78, 5) is 16.5. The minimum absolute atomic E-state index is 0.00723. The third kappa shape index (κ3) is 5.60. The van der Waals surface area contributed by atoms with Gasteiger partial charge in [-0.2, -0.15) is 8.78 Å². The van der Waals surface area contributed by atoms with Crippen LogP contribution in [-0.4, -0.2) is 68.0 Å². The molecule has 3 rings (SSSR count). The number of ether oxygens (including phenoxy) is 3. The summed E-state index contributed by atoms with van der Waals surface area (Å²) >= 11 is 0. The average molecular weight is 384 g/mol. The van der Waals surface area contributed by atoms with Gasteiger partial charge in [-0.05, 0) is 37.1 Å². The molecule has 2 fully saturated rings. The third-order valence-corrected chi connectivity index (χ3v) is 4.96. The third-order valence-electron chi connectivity index (χ3n) is 4.96. The Labute approximate surface area is 158 Å². The number of benzene rings is 1. The molecule has 1 atom stereocenters. The lowest BCUT2D eigenvalue weighted by Crippen LogP contribution is -2.51. The number of likely N-dealkylation sites (tertiary alicyclic amines) is 1. The largest absolute Gasteiger partial charge is 0.435 e. The van der Waals surface area contributed by atoms with Crippen molar-refractivity contribution in [1.82, 2.24) is 9.80 Å². The Bertz CT molecular complexity index is 608. The zero-order valence-corrected chi connectivity index (χ0v) is 15.5. The molecule has 0 aromatic heterocycles. The van der Waals surface area contributed by atoms with Crippen LogP contribution in [0.4, 0.5) is 8.78 Å². The van der Waals surface area contributed by atoms with E-state index in [-0.39, 0.29) is 24.0 Å². The van der Waals surface area contributed by atoms with Gasteiger partial charge in [-0.3, -0.25) is 9.69 Å². The molecule has 2 saturated heterocycles. The molecule has 6 nitrogen and oxygen atoms in total. The molecule has 1 aromatic rings. The van der Waals surface area contributed by atoms with Crippen LogP contribution in [0, 0.1) is 0 Å². The maximum Gasteiger partial charge on any atom is 0.387 e. The van der Waals surface area contributed by atoms with Gasteiger partial charge < -0.3 is 19.1 Å². The molecule has 2 heterocycles. The highest BCUT2D eigenvalue weighted by Crippen LogP contribution is 2.24. The maximum atomic E-state index is 12.7. The molecular weight excluding hydrogens is 358 g/mol. The molecule has 150 valence electrons. The molecule has 0 aliphatic carbocycles. The molecule has 8 heteroatoms. The predicted octanol–water partition coefficient (Wildman–Crippen LogP) is 2.47. The highest BCUT2D eigenvalue weighted by Gasteiger charge is 2.34. The van der Waals surface area contributed by atoms with Crippen LogP contribution in [0.25, 0.3) is 0 Å². The quantitative estimate of drug-likeness (QED) is 0.723. The van der Waals surface area contributed by atoms with Gasteiger partial charge in [-0.25, -0.2) is 0 Å². The van der Waals surface area contributed by atoms with E-state index < -0.39 is 6.61 Å². The molecule has 0 N–H and O–H groups in total. The summed E-state index contributed by atoms with van der Waals surface area (Å²) in [6.45, 7) is -0.0554. The van der Waals surface area contributed by atoms with Gasteiger partial charge in [0.1, 0.15) is 5.75 Å². The van der Waals surface area contributed by atoms with E-state index in [1.807, 2.05) is 0 Å². The Kier molecular flexibility index (Phi) is 6.98. The maximum absolute atomic E-state index is 12.7. The van der Waals surface area contributed by atoms with E-state index >= 15 is 0 Å². The molecule has 1 aromatic carbocycles. The monoisotopic (exact) mass is 384 g/mol. The van der Waals surface area contributed by atoms with Gasteiger partial charge in [-0.15, -0.1) is 0 Å². The molecule has 1 unspecified atom stereocenters. The summed E-state index contributed by atoms with van der Waals surface area (Å²) in [7, 11) is 1.74. The lowest BCUT2D eigenvalue weighted by molar-refractivity contribution is -0.139. The average Bonchev–Trinajstić information content (AvgIpc) is 3.18. The van der Waals surface area contributed by atoms with E-state index in [2.05, 4.69) is 9.64 Å². The highest BCUT2D eigenvalue weighted by molar-refractivity contribution is 5.78. The molecular formula is C19H26F2N2O4. The highest BCUT2D eigenvalue weighted by atomic mass is 19.3. The number of alkyl halides is 2. The molecule has 0 bridgehead atoms. The van der Waals surface area contributed by atoms with Crippen molar-refractivity contribution in [2.24, 2.45) is 0 Å². The van der Waals surface area contributed by atoms with Gasteiger partial charge >= 0.3 is 6.61 Å². The first-order chi connectivity index (χ1) is 13.0. The van der Waals surface area contributed by atoms with Crippen molar-refractivity contribution in [2.45, 2.75) is 44.8 Å². The van der Waals surface area contributed by atoms with Crippen LogP contribution in [0.5, 0.6) is 5.75 Å². The van der Waals surface area contributed by atoms with Crippen molar-refractivity contribution in [3.63, 3.8) is 0 Å². The molecule has 27 heavy (non-hydrogen) atoms. The second-order valence-electron chi connectivity index (χ2n) is 6.92. The van der Waals surface area contributed by atoms with E-state index in [0.29, 0.717) is 26.3 Å². The minimum atomic E-state index is -2.84. The summed E-state index contributed by atoms with van der Waals surface area (Å²) in [5, 5.41) is 0. The lowest BCUT2D eigenvalue weighted by Gasteiger charge is -2.38. The van der Waals surface area contributed by atoms with Crippen molar-refractivity contribution in [3.05, 3.63) is 29.8 Å². The first kappa shape index (κ1) is 20.0. The zero-order valence-electron chi connectivity index (χ0n) is 15.5. The fourth-order valence-electron chi connectivity index (χ4n) is 3.55. The van der Waals surface area contributed by atoms with Crippen molar-refractivity contribution >= 4 is 5.91 Å². The smallest absolute Gasteiger partial charge is 0.387 e. The van der Waals surface area contributed by atoms with Gasteiger partial charge in [0.25, 0.3) is 0 Å². The number of nitrogens with zero attached hydrogens (tertiary/aromatic N) is 2. The van der Waals surface area contributed by atoms with E-state index in [4.69, 9.17) is 9.47 Å². The zero-order chi connectivity index (χ0) is 19.2. The fraction of sp³-hybridized carbons (Fsp3) is 0.632. The summed E-state index contributed by atoms with van der Waals surface area (Å²) < 4.78 is 40.0.